The van der Waals surface area contributed by atoms with Crippen molar-refractivity contribution in [2.45, 2.75) is 39.7 Å². The lowest BCUT2D eigenvalue weighted by atomic mass is 9.99. The van der Waals surface area contributed by atoms with Gasteiger partial charge in [0.2, 0.25) is 11.8 Å². The van der Waals surface area contributed by atoms with E-state index in [1.54, 1.807) is 16.7 Å². The number of carbonyl (C=O) groups is 2. The van der Waals surface area contributed by atoms with Gasteiger partial charge in [-0.1, -0.05) is 20.3 Å². The SMILES string of the molecule is CCC(C)[C@H](N)C(=O)N1CCCN(C(C)=O)CC1. The fourth-order valence-electron chi connectivity index (χ4n) is 2.16. The third-order valence-corrected chi connectivity index (χ3v) is 3.80. The number of hydrogen-bond donors (Lipinski definition) is 1. The highest BCUT2D eigenvalue weighted by atomic mass is 16.2. The van der Waals surface area contributed by atoms with Crippen molar-refractivity contribution < 1.29 is 9.59 Å². The highest BCUT2D eigenvalue weighted by Crippen LogP contribution is 2.11. The molecular weight excluding hydrogens is 230 g/mol. The van der Waals surface area contributed by atoms with Crippen molar-refractivity contribution >= 4 is 11.8 Å². The average molecular weight is 255 g/mol. The predicted molar refractivity (Wildman–Crippen MR) is 70.9 cm³/mol. The quantitative estimate of drug-likeness (QED) is 0.796. The van der Waals surface area contributed by atoms with Crippen molar-refractivity contribution in [2.24, 2.45) is 11.7 Å². The topological polar surface area (TPSA) is 66.6 Å². The largest absolute Gasteiger partial charge is 0.341 e. The average Bonchev–Trinajstić information content (AvgIpc) is 2.61. The maximum Gasteiger partial charge on any atom is 0.239 e. The molecule has 5 nitrogen and oxygen atoms in total. The van der Waals surface area contributed by atoms with E-state index in [2.05, 4.69) is 0 Å². The maximum atomic E-state index is 12.2. The summed E-state index contributed by atoms with van der Waals surface area (Å²) in [5, 5.41) is 0. The van der Waals surface area contributed by atoms with Crippen LogP contribution in [0.4, 0.5) is 0 Å². The fraction of sp³-hybridized carbons (Fsp3) is 0.846. The molecular formula is C13H25N3O2. The van der Waals surface area contributed by atoms with Gasteiger partial charge < -0.3 is 15.5 Å². The van der Waals surface area contributed by atoms with Gasteiger partial charge in [0.15, 0.2) is 0 Å². The number of carbonyl (C=O) groups excluding carboxylic acids is 2. The summed E-state index contributed by atoms with van der Waals surface area (Å²) >= 11 is 0. The zero-order chi connectivity index (χ0) is 13.7. The molecule has 1 saturated heterocycles. The molecule has 0 radical (unpaired) electrons. The molecule has 0 aromatic rings. The van der Waals surface area contributed by atoms with E-state index in [9.17, 15) is 9.59 Å². The van der Waals surface area contributed by atoms with Crippen LogP contribution in [0.1, 0.15) is 33.6 Å². The van der Waals surface area contributed by atoms with Crippen molar-refractivity contribution in [3.8, 4) is 0 Å². The van der Waals surface area contributed by atoms with Crippen molar-refractivity contribution in [3.63, 3.8) is 0 Å². The molecule has 2 N–H and O–H groups in total. The van der Waals surface area contributed by atoms with Crippen LogP contribution < -0.4 is 5.73 Å². The molecule has 18 heavy (non-hydrogen) atoms. The summed E-state index contributed by atoms with van der Waals surface area (Å²) in [4.78, 5) is 27.1. The van der Waals surface area contributed by atoms with E-state index in [0.29, 0.717) is 19.6 Å². The Balaban J connectivity index is 2.57. The van der Waals surface area contributed by atoms with Crippen LogP contribution in [-0.2, 0) is 9.59 Å². The Hall–Kier alpha value is -1.10. The molecule has 0 spiro atoms. The first-order valence-electron chi connectivity index (χ1n) is 6.77. The summed E-state index contributed by atoms with van der Waals surface area (Å²) in [6, 6.07) is -0.418. The molecule has 0 aromatic carbocycles. The highest BCUT2D eigenvalue weighted by Gasteiger charge is 2.26. The Morgan fingerprint density at radius 1 is 1.17 bits per heavy atom. The van der Waals surface area contributed by atoms with Crippen LogP contribution in [0.15, 0.2) is 0 Å². The maximum absolute atomic E-state index is 12.2. The van der Waals surface area contributed by atoms with Gasteiger partial charge in [-0.05, 0) is 12.3 Å². The fourth-order valence-corrected chi connectivity index (χ4v) is 2.16. The van der Waals surface area contributed by atoms with Crippen molar-refractivity contribution in [1.82, 2.24) is 9.80 Å². The Kier molecular flexibility index (Phi) is 5.59. The minimum absolute atomic E-state index is 0.0229. The first kappa shape index (κ1) is 15.0. The van der Waals surface area contributed by atoms with Crippen molar-refractivity contribution in [2.75, 3.05) is 26.2 Å². The molecule has 1 heterocycles. The molecule has 2 amide bonds. The summed E-state index contributed by atoms with van der Waals surface area (Å²) in [6.07, 6.45) is 1.73. The lowest BCUT2D eigenvalue weighted by Crippen LogP contribution is -2.48. The number of amides is 2. The molecule has 1 aliphatic heterocycles. The van der Waals surface area contributed by atoms with Gasteiger partial charge in [-0.25, -0.2) is 0 Å². The summed E-state index contributed by atoms with van der Waals surface area (Å²) in [5.74, 6) is 0.301. The van der Waals surface area contributed by atoms with Gasteiger partial charge in [0.1, 0.15) is 0 Å². The van der Waals surface area contributed by atoms with E-state index in [-0.39, 0.29) is 17.7 Å². The summed E-state index contributed by atoms with van der Waals surface area (Å²) in [7, 11) is 0. The van der Waals surface area contributed by atoms with E-state index in [4.69, 9.17) is 5.73 Å². The molecule has 0 aliphatic carbocycles. The van der Waals surface area contributed by atoms with Crippen LogP contribution in [0, 0.1) is 5.92 Å². The molecule has 0 aromatic heterocycles. The molecule has 2 atom stereocenters. The standard InChI is InChI=1S/C13H25N3O2/c1-4-10(2)12(14)13(18)16-7-5-6-15(8-9-16)11(3)17/h10,12H,4-9,14H2,1-3H3/t10?,12-/m0/s1. The molecule has 1 fully saturated rings. The summed E-state index contributed by atoms with van der Waals surface area (Å²) < 4.78 is 0. The van der Waals surface area contributed by atoms with Gasteiger partial charge in [-0.2, -0.15) is 0 Å². The minimum atomic E-state index is -0.418. The van der Waals surface area contributed by atoms with E-state index in [1.165, 1.54) is 0 Å². The second-order valence-electron chi connectivity index (χ2n) is 5.10. The highest BCUT2D eigenvalue weighted by molar-refractivity contribution is 5.82. The Labute approximate surface area is 109 Å². The molecule has 0 bridgehead atoms. The van der Waals surface area contributed by atoms with Crippen molar-refractivity contribution in [1.29, 1.82) is 0 Å². The van der Waals surface area contributed by atoms with Gasteiger partial charge in [0.25, 0.3) is 0 Å². The van der Waals surface area contributed by atoms with Gasteiger partial charge in [0, 0.05) is 33.1 Å². The Bertz CT molecular complexity index is 307. The van der Waals surface area contributed by atoms with Gasteiger partial charge in [-0.15, -0.1) is 0 Å². The van der Waals surface area contributed by atoms with Crippen LogP contribution in [0.25, 0.3) is 0 Å². The van der Waals surface area contributed by atoms with E-state index in [0.717, 1.165) is 19.4 Å². The van der Waals surface area contributed by atoms with Crippen LogP contribution in [0.3, 0.4) is 0 Å². The predicted octanol–water partition coefficient (Wildman–Crippen LogP) is 0.441. The summed E-state index contributed by atoms with van der Waals surface area (Å²) in [5.41, 5.74) is 5.98. The first-order chi connectivity index (χ1) is 8.47. The lowest BCUT2D eigenvalue weighted by molar-refractivity contribution is -0.134. The van der Waals surface area contributed by atoms with Gasteiger partial charge in [-0.3, -0.25) is 9.59 Å². The van der Waals surface area contributed by atoms with E-state index in [1.807, 2.05) is 13.8 Å². The van der Waals surface area contributed by atoms with Gasteiger partial charge in [0.05, 0.1) is 6.04 Å². The van der Waals surface area contributed by atoms with Crippen LogP contribution in [-0.4, -0.2) is 53.8 Å². The molecule has 1 unspecified atom stereocenters. The zero-order valence-corrected chi connectivity index (χ0v) is 11.7. The van der Waals surface area contributed by atoms with Crippen molar-refractivity contribution in [3.05, 3.63) is 0 Å². The zero-order valence-electron chi connectivity index (χ0n) is 11.7. The van der Waals surface area contributed by atoms with E-state index < -0.39 is 6.04 Å². The third kappa shape index (κ3) is 3.70. The molecule has 1 rings (SSSR count). The lowest BCUT2D eigenvalue weighted by Gasteiger charge is -2.27. The summed E-state index contributed by atoms with van der Waals surface area (Å²) in [6.45, 7) is 8.27. The monoisotopic (exact) mass is 255 g/mol. The molecule has 5 heteroatoms. The third-order valence-electron chi connectivity index (χ3n) is 3.80. The Morgan fingerprint density at radius 3 is 2.28 bits per heavy atom. The molecule has 104 valence electrons. The van der Waals surface area contributed by atoms with Crippen LogP contribution >= 0.6 is 0 Å². The van der Waals surface area contributed by atoms with Gasteiger partial charge >= 0.3 is 0 Å². The number of rotatable bonds is 3. The second-order valence-corrected chi connectivity index (χ2v) is 5.10. The normalized spacial score (nSPS) is 20.2. The minimum Gasteiger partial charge on any atom is -0.341 e. The first-order valence-corrected chi connectivity index (χ1v) is 6.77. The smallest absolute Gasteiger partial charge is 0.239 e. The van der Waals surface area contributed by atoms with E-state index >= 15 is 0 Å². The molecule has 0 saturated carbocycles. The van der Waals surface area contributed by atoms with Crippen LogP contribution in [0.5, 0.6) is 0 Å². The van der Waals surface area contributed by atoms with Crippen LogP contribution in [0.2, 0.25) is 0 Å². The number of hydrogen-bond acceptors (Lipinski definition) is 3. The molecule has 1 aliphatic rings. The second kappa shape index (κ2) is 6.73. The Morgan fingerprint density at radius 2 is 1.72 bits per heavy atom. The number of nitrogens with two attached hydrogens (primary N) is 1. The number of nitrogens with zero attached hydrogens (tertiary/aromatic N) is 2.